The minimum Gasteiger partial charge on any atom is -0.472 e. The van der Waals surface area contributed by atoms with E-state index in [1.807, 2.05) is 37.3 Å². The number of halogens is 1. The van der Waals surface area contributed by atoms with Crippen molar-refractivity contribution in [3.8, 4) is 35.5 Å². The van der Waals surface area contributed by atoms with Crippen LogP contribution in [0.5, 0.6) is 11.9 Å². The lowest BCUT2D eigenvalue weighted by atomic mass is 9.91. The molecule has 2 bridgehead atoms. The average Bonchev–Trinajstić information content (AvgIpc) is 3.72. The summed E-state index contributed by atoms with van der Waals surface area (Å²) in [6, 6.07) is 10.4. The molecule has 10 nitrogen and oxygen atoms in total. The molecule has 4 fully saturated rings. The van der Waals surface area contributed by atoms with Gasteiger partial charge in [-0.15, -0.1) is 6.42 Å². The van der Waals surface area contributed by atoms with E-state index < -0.39 is 18.0 Å². The van der Waals surface area contributed by atoms with Crippen LogP contribution in [0.3, 0.4) is 0 Å². The first-order valence-electron chi connectivity index (χ1n) is 16.7. The standard InChI is InChI=1S/C37H35FN6O4/c1-4-22-8-5-9-23-10-6-11-25(27(22)23)30-29(38)31-28-33(41-35(40-31)47-19-37-15-7-16-42(37)17-14-20(37)2)43-18-24-12-13-26(44(24)36(45)46)32(43)21(3)48-34(28)39-30/h1,5-6,8-11,21,24,26,32H,2,7,12-19H2,3H3,(H,45,46)/t21?,24?,26?,32?,37-/m1/s1. The lowest BCUT2D eigenvalue weighted by molar-refractivity contribution is 0.0706. The van der Waals surface area contributed by atoms with Gasteiger partial charge < -0.3 is 19.5 Å². The second kappa shape index (κ2) is 10.5. The van der Waals surface area contributed by atoms with Crippen LogP contribution >= 0.6 is 0 Å². The Kier molecular flexibility index (Phi) is 6.40. The fourth-order valence-electron chi connectivity index (χ4n) is 9.23. The van der Waals surface area contributed by atoms with Crippen LogP contribution in [0.4, 0.5) is 15.0 Å². The van der Waals surface area contributed by atoms with Crippen LogP contribution in [-0.2, 0) is 0 Å². The second-order valence-electron chi connectivity index (χ2n) is 13.7. The van der Waals surface area contributed by atoms with Gasteiger partial charge in [0.05, 0.1) is 23.7 Å². The third kappa shape index (κ3) is 4.02. The van der Waals surface area contributed by atoms with E-state index in [1.165, 1.54) is 0 Å². The molecule has 4 saturated heterocycles. The first-order valence-corrected chi connectivity index (χ1v) is 16.7. The molecule has 7 heterocycles. The number of terminal acetylenes is 1. The van der Waals surface area contributed by atoms with Crippen molar-refractivity contribution < 1.29 is 23.8 Å². The molecule has 5 aliphatic heterocycles. The summed E-state index contributed by atoms with van der Waals surface area (Å²) in [4.78, 5) is 33.0. The number of carbonyl (C=O) groups is 1. The highest BCUT2D eigenvalue weighted by Crippen LogP contribution is 2.47. The molecule has 4 unspecified atom stereocenters. The van der Waals surface area contributed by atoms with Gasteiger partial charge in [0.15, 0.2) is 5.82 Å². The van der Waals surface area contributed by atoms with Gasteiger partial charge >= 0.3 is 12.1 Å². The van der Waals surface area contributed by atoms with E-state index in [0.717, 1.165) is 49.7 Å². The zero-order valence-corrected chi connectivity index (χ0v) is 26.7. The number of amides is 1. The molecule has 11 heteroatoms. The fourth-order valence-corrected chi connectivity index (χ4v) is 9.23. The maximum Gasteiger partial charge on any atom is 0.407 e. The third-order valence-electron chi connectivity index (χ3n) is 11.4. The fraction of sp³-hybridized carbons (Fsp3) is 0.405. The van der Waals surface area contributed by atoms with E-state index in [-0.39, 0.29) is 46.8 Å². The van der Waals surface area contributed by atoms with E-state index in [2.05, 4.69) is 22.3 Å². The molecule has 0 aliphatic carbocycles. The van der Waals surface area contributed by atoms with E-state index in [9.17, 15) is 9.90 Å². The molecule has 4 aromatic rings. The predicted octanol–water partition coefficient (Wildman–Crippen LogP) is 5.62. The van der Waals surface area contributed by atoms with Crippen LogP contribution in [-0.4, -0.2) is 92.0 Å². The highest BCUT2D eigenvalue weighted by Gasteiger charge is 2.53. The molecule has 1 N–H and O–H groups in total. The predicted molar refractivity (Wildman–Crippen MR) is 179 cm³/mol. The Morgan fingerprint density at radius 2 is 2.02 bits per heavy atom. The van der Waals surface area contributed by atoms with Gasteiger partial charge in [0.25, 0.3) is 0 Å². The van der Waals surface area contributed by atoms with Crippen molar-refractivity contribution in [1.29, 1.82) is 0 Å². The number of benzene rings is 2. The van der Waals surface area contributed by atoms with Crippen LogP contribution in [0.1, 0.15) is 44.6 Å². The Bertz CT molecular complexity index is 2090. The summed E-state index contributed by atoms with van der Waals surface area (Å²) in [6.45, 7) is 8.92. The van der Waals surface area contributed by atoms with Crippen molar-refractivity contribution in [2.75, 3.05) is 31.1 Å². The zero-order chi connectivity index (χ0) is 32.9. The molecule has 9 rings (SSSR count). The molecule has 48 heavy (non-hydrogen) atoms. The first kappa shape index (κ1) is 29.2. The molecule has 0 radical (unpaired) electrons. The third-order valence-corrected chi connectivity index (χ3v) is 11.4. The number of piperazine rings is 1. The number of ether oxygens (including phenoxy) is 2. The number of aromatic nitrogens is 3. The van der Waals surface area contributed by atoms with Crippen LogP contribution in [0, 0.1) is 18.2 Å². The molecular weight excluding hydrogens is 611 g/mol. The number of fused-ring (bicyclic) bond motifs is 7. The molecule has 1 amide bonds. The Balaban J connectivity index is 1.25. The first-order chi connectivity index (χ1) is 23.3. The normalized spacial score (nSPS) is 27.5. The summed E-state index contributed by atoms with van der Waals surface area (Å²) in [5, 5.41) is 12.1. The van der Waals surface area contributed by atoms with Gasteiger partial charge in [0.2, 0.25) is 5.88 Å². The minimum absolute atomic E-state index is 0.0390. The largest absolute Gasteiger partial charge is 0.472 e. The van der Waals surface area contributed by atoms with Crippen molar-refractivity contribution in [2.45, 2.75) is 68.8 Å². The minimum atomic E-state index is -0.947. The van der Waals surface area contributed by atoms with E-state index in [4.69, 9.17) is 30.8 Å². The van der Waals surface area contributed by atoms with Gasteiger partial charge in [-0.1, -0.05) is 48.4 Å². The topological polar surface area (TPSA) is 104 Å². The Morgan fingerprint density at radius 3 is 2.83 bits per heavy atom. The molecule has 2 aromatic carbocycles. The summed E-state index contributed by atoms with van der Waals surface area (Å²) >= 11 is 0. The summed E-state index contributed by atoms with van der Waals surface area (Å²) in [6.07, 6.45) is 8.79. The molecule has 0 saturated carbocycles. The maximum atomic E-state index is 17.2. The number of pyridine rings is 1. The van der Waals surface area contributed by atoms with Gasteiger partial charge in [-0.05, 0) is 57.0 Å². The van der Waals surface area contributed by atoms with Crippen molar-refractivity contribution in [3.05, 3.63) is 59.9 Å². The number of anilines is 1. The van der Waals surface area contributed by atoms with E-state index >= 15 is 4.39 Å². The zero-order valence-electron chi connectivity index (χ0n) is 26.7. The smallest absolute Gasteiger partial charge is 0.407 e. The summed E-state index contributed by atoms with van der Waals surface area (Å²) in [7, 11) is 0. The van der Waals surface area contributed by atoms with E-state index in [1.54, 1.807) is 11.0 Å². The van der Waals surface area contributed by atoms with Crippen molar-refractivity contribution >= 4 is 33.6 Å². The molecule has 0 spiro atoms. The average molecular weight is 647 g/mol. The molecule has 2 aromatic heterocycles. The van der Waals surface area contributed by atoms with Crippen LogP contribution in [0.2, 0.25) is 0 Å². The highest BCUT2D eigenvalue weighted by molar-refractivity contribution is 6.03. The van der Waals surface area contributed by atoms with Crippen molar-refractivity contribution in [1.82, 2.24) is 24.8 Å². The van der Waals surface area contributed by atoms with Crippen LogP contribution in [0.15, 0.2) is 48.6 Å². The van der Waals surface area contributed by atoms with Crippen molar-refractivity contribution in [3.63, 3.8) is 0 Å². The maximum absolute atomic E-state index is 17.2. The summed E-state index contributed by atoms with van der Waals surface area (Å²) in [5.74, 6) is 2.76. The Hall–Kier alpha value is -4.95. The van der Waals surface area contributed by atoms with E-state index in [0.29, 0.717) is 47.3 Å². The Morgan fingerprint density at radius 1 is 1.19 bits per heavy atom. The summed E-state index contributed by atoms with van der Waals surface area (Å²) in [5.41, 5.74) is 2.10. The SMILES string of the molecule is C#Cc1cccc2cccc(-c3nc4c5c(nc(OC[C@@]67CCCN6CCC7=C)nc5c3F)N3CC5CCC(C3C(C)O4)N5C(=O)O)c12. The van der Waals surface area contributed by atoms with Crippen molar-refractivity contribution in [2.24, 2.45) is 0 Å². The number of carboxylic acid groups (broad SMARTS) is 1. The molecular formula is C37H35FN6O4. The molecule has 244 valence electrons. The second-order valence-corrected chi connectivity index (χ2v) is 13.7. The number of rotatable bonds is 4. The molecule has 5 aliphatic rings. The van der Waals surface area contributed by atoms with Gasteiger partial charge in [-0.2, -0.15) is 9.97 Å². The van der Waals surface area contributed by atoms with Gasteiger partial charge in [-0.25, -0.2) is 14.2 Å². The monoisotopic (exact) mass is 646 g/mol. The lowest BCUT2D eigenvalue weighted by Crippen LogP contribution is -2.64. The quantitative estimate of drug-likeness (QED) is 0.224. The highest BCUT2D eigenvalue weighted by atomic mass is 19.1. The van der Waals surface area contributed by atoms with Crippen LogP contribution < -0.4 is 14.4 Å². The number of nitrogens with zero attached hydrogens (tertiary/aromatic N) is 6. The van der Waals surface area contributed by atoms with Gasteiger partial charge in [0, 0.05) is 29.6 Å². The number of hydrogen-bond acceptors (Lipinski definition) is 8. The Labute approximate surface area is 277 Å². The van der Waals surface area contributed by atoms with Crippen LogP contribution in [0.25, 0.3) is 32.9 Å². The number of hydrogen-bond donors (Lipinski definition) is 1. The molecule has 5 atom stereocenters. The van der Waals surface area contributed by atoms with Gasteiger partial charge in [0.1, 0.15) is 35.1 Å². The summed E-state index contributed by atoms with van der Waals surface area (Å²) < 4.78 is 30.2. The lowest BCUT2D eigenvalue weighted by Gasteiger charge is -2.47. The van der Waals surface area contributed by atoms with Gasteiger partial charge in [-0.3, -0.25) is 9.80 Å².